The molecule has 0 unspecified atom stereocenters. The van der Waals surface area contributed by atoms with Crippen LogP contribution in [0.1, 0.15) is 23.1 Å². The van der Waals surface area contributed by atoms with Gasteiger partial charge in [-0.15, -0.1) is 0 Å². The van der Waals surface area contributed by atoms with Crippen LogP contribution in [0.25, 0.3) is 0 Å². The Bertz CT molecular complexity index is 773. The number of ether oxygens (including phenoxy) is 2. The molecule has 0 atom stereocenters. The molecule has 0 spiro atoms. The molecule has 0 fully saturated rings. The second-order valence-electron chi connectivity index (χ2n) is 7.15. The van der Waals surface area contributed by atoms with Crippen LogP contribution in [-0.4, -0.2) is 47.4 Å². The van der Waals surface area contributed by atoms with Crippen LogP contribution in [0.5, 0.6) is 5.75 Å². The van der Waals surface area contributed by atoms with E-state index in [0.717, 1.165) is 23.7 Å². The van der Waals surface area contributed by atoms with Crippen LogP contribution < -0.4 is 20.3 Å². The first-order valence-corrected chi connectivity index (χ1v) is 9.95. The first kappa shape index (κ1) is 22.6. The Balaban J connectivity index is 1.89. The summed E-state index contributed by atoms with van der Waals surface area (Å²) < 4.78 is 11.1. The zero-order valence-corrected chi connectivity index (χ0v) is 18.3. The highest BCUT2D eigenvalue weighted by molar-refractivity contribution is 5.79. The van der Waals surface area contributed by atoms with Gasteiger partial charge in [0.2, 0.25) is 0 Å². The van der Waals surface area contributed by atoms with Crippen LogP contribution in [0.15, 0.2) is 47.5 Å². The fourth-order valence-electron chi connectivity index (χ4n) is 2.82. The molecular formula is C23H34N4O2. The SMILES string of the molecule is CN=C(NCc1ccc(N(C)C)cc1)NCc1ccc(C)cc1OCCCOC. The summed E-state index contributed by atoms with van der Waals surface area (Å²) in [5.41, 5.74) is 4.68. The third kappa shape index (κ3) is 7.66. The summed E-state index contributed by atoms with van der Waals surface area (Å²) in [6.45, 7) is 4.76. The van der Waals surface area contributed by atoms with Crippen LogP contribution >= 0.6 is 0 Å². The lowest BCUT2D eigenvalue weighted by atomic mass is 10.1. The molecule has 158 valence electrons. The minimum absolute atomic E-state index is 0.638. The minimum atomic E-state index is 0.638. The van der Waals surface area contributed by atoms with Gasteiger partial charge in [-0.3, -0.25) is 4.99 Å². The standard InChI is InChI=1S/C23H34N4O2/c1-18-7-10-20(22(15-18)29-14-6-13-28-5)17-26-23(24-2)25-16-19-8-11-21(12-9-19)27(3)4/h7-12,15H,6,13-14,16-17H2,1-5H3,(H2,24,25,26). The fraction of sp³-hybridized carbons (Fsp3) is 0.435. The maximum atomic E-state index is 5.96. The molecule has 0 saturated heterocycles. The van der Waals surface area contributed by atoms with E-state index in [4.69, 9.17) is 9.47 Å². The maximum absolute atomic E-state index is 5.96. The largest absolute Gasteiger partial charge is 0.493 e. The molecule has 0 saturated carbocycles. The fourth-order valence-corrected chi connectivity index (χ4v) is 2.82. The lowest BCUT2D eigenvalue weighted by molar-refractivity contribution is 0.171. The second-order valence-corrected chi connectivity index (χ2v) is 7.15. The molecular weight excluding hydrogens is 364 g/mol. The molecule has 2 rings (SSSR count). The van der Waals surface area contributed by atoms with Crippen molar-refractivity contribution in [1.82, 2.24) is 10.6 Å². The molecule has 0 amide bonds. The summed E-state index contributed by atoms with van der Waals surface area (Å²) in [7, 11) is 7.57. The summed E-state index contributed by atoms with van der Waals surface area (Å²) in [6.07, 6.45) is 0.868. The number of aliphatic imine (C=N–C) groups is 1. The van der Waals surface area contributed by atoms with Crippen LogP contribution in [0, 0.1) is 6.92 Å². The van der Waals surface area contributed by atoms with E-state index in [1.54, 1.807) is 14.2 Å². The highest BCUT2D eigenvalue weighted by Gasteiger charge is 2.06. The quantitative estimate of drug-likeness (QED) is 0.365. The number of methoxy groups -OCH3 is 1. The van der Waals surface area contributed by atoms with Crippen molar-refractivity contribution in [3.05, 3.63) is 59.2 Å². The number of guanidine groups is 1. The number of hydrogen-bond acceptors (Lipinski definition) is 4. The Kier molecular flexibility index (Phi) is 9.31. The molecule has 0 aliphatic heterocycles. The average Bonchev–Trinajstić information content (AvgIpc) is 2.72. The van der Waals surface area contributed by atoms with E-state index in [2.05, 4.69) is 69.9 Å². The Morgan fingerprint density at radius 2 is 1.72 bits per heavy atom. The number of benzene rings is 2. The third-order valence-electron chi connectivity index (χ3n) is 4.56. The molecule has 0 aromatic heterocycles. The van der Waals surface area contributed by atoms with Crippen molar-refractivity contribution in [2.24, 2.45) is 4.99 Å². The first-order chi connectivity index (χ1) is 14.0. The number of hydrogen-bond donors (Lipinski definition) is 2. The Hall–Kier alpha value is -2.73. The lowest BCUT2D eigenvalue weighted by Crippen LogP contribution is -2.36. The van der Waals surface area contributed by atoms with Gasteiger partial charge >= 0.3 is 0 Å². The summed E-state index contributed by atoms with van der Waals surface area (Å²) in [5, 5.41) is 6.74. The predicted octanol–water partition coefficient (Wildman–Crippen LogP) is 3.34. The third-order valence-corrected chi connectivity index (χ3v) is 4.56. The first-order valence-electron chi connectivity index (χ1n) is 9.95. The molecule has 0 bridgehead atoms. The minimum Gasteiger partial charge on any atom is -0.493 e. The van der Waals surface area contributed by atoms with Crippen molar-refractivity contribution in [3.63, 3.8) is 0 Å². The van der Waals surface area contributed by atoms with E-state index < -0.39 is 0 Å². The summed E-state index contributed by atoms with van der Waals surface area (Å²) >= 11 is 0. The predicted molar refractivity (Wildman–Crippen MR) is 121 cm³/mol. The van der Waals surface area contributed by atoms with Crippen molar-refractivity contribution in [2.45, 2.75) is 26.4 Å². The molecule has 2 N–H and O–H groups in total. The summed E-state index contributed by atoms with van der Waals surface area (Å²) in [4.78, 5) is 6.42. The summed E-state index contributed by atoms with van der Waals surface area (Å²) in [5.74, 6) is 1.66. The molecule has 6 heteroatoms. The van der Waals surface area contributed by atoms with Crippen LogP contribution in [0.2, 0.25) is 0 Å². The number of nitrogens with zero attached hydrogens (tertiary/aromatic N) is 2. The van der Waals surface area contributed by atoms with E-state index in [0.29, 0.717) is 26.3 Å². The number of aryl methyl sites for hydroxylation is 1. The number of anilines is 1. The molecule has 2 aromatic carbocycles. The van der Waals surface area contributed by atoms with Crippen molar-refractivity contribution in [2.75, 3.05) is 46.4 Å². The molecule has 0 aliphatic rings. The topological polar surface area (TPSA) is 58.1 Å². The van der Waals surface area contributed by atoms with Gasteiger partial charge in [0.15, 0.2) is 5.96 Å². The molecule has 6 nitrogen and oxygen atoms in total. The van der Waals surface area contributed by atoms with Gasteiger partial charge in [-0.1, -0.05) is 24.3 Å². The van der Waals surface area contributed by atoms with E-state index in [1.165, 1.54) is 16.8 Å². The highest BCUT2D eigenvalue weighted by atomic mass is 16.5. The van der Waals surface area contributed by atoms with Gasteiger partial charge in [0.25, 0.3) is 0 Å². The van der Waals surface area contributed by atoms with Gasteiger partial charge in [-0.25, -0.2) is 0 Å². The van der Waals surface area contributed by atoms with E-state index in [-0.39, 0.29) is 0 Å². The van der Waals surface area contributed by atoms with Gasteiger partial charge in [0.1, 0.15) is 5.75 Å². The van der Waals surface area contributed by atoms with E-state index in [1.807, 2.05) is 14.1 Å². The smallest absolute Gasteiger partial charge is 0.191 e. The van der Waals surface area contributed by atoms with Crippen molar-refractivity contribution in [3.8, 4) is 5.75 Å². The Morgan fingerprint density at radius 1 is 1.00 bits per heavy atom. The number of rotatable bonds is 10. The maximum Gasteiger partial charge on any atom is 0.191 e. The monoisotopic (exact) mass is 398 g/mol. The van der Waals surface area contributed by atoms with Crippen molar-refractivity contribution < 1.29 is 9.47 Å². The zero-order valence-electron chi connectivity index (χ0n) is 18.3. The number of nitrogens with one attached hydrogen (secondary N) is 2. The van der Waals surface area contributed by atoms with Crippen molar-refractivity contribution in [1.29, 1.82) is 0 Å². The van der Waals surface area contributed by atoms with E-state index in [9.17, 15) is 0 Å². The van der Waals surface area contributed by atoms with Gasteiger partial charge in [0, 0.05) is 65.6 Å². The Labute approximate surface area is 174 Å². The van der Waals surface area contributed by atoms with Crippen LogP contribution in [-0.2, 0) is 17.8 Å². The van der Waals surface area contributed by atoms with Crippen LogP contribution in [0.3, 0.4) is 0 Å². The normalized spacial score (nSPS) is 11.3. The average molecular weight is 399 g/mol. The van der Waals surface area contributed by atoms with Gasteiger partial charge in [0.05, 0.1) is 6.61 Å². The van der Waals surface area contributed by atoms with Gasteiger partial charge in [-0.2, -0.15) is 0 Å². The molecule has 0 heterocycles. The van der Waals surface area contributed by atoms with E-state index >= 15 is 0 Å². The molecule has 2 aromatic rings. The molecule has 0 radical (unpaired) electrons. The van der Waals surface area contributed by atoms with Crippen molar-refractivity contribution >= 4 is 11.6 Å². The van der Waals surface area contributed by atoms with Gasteiger partial charge in [-0.05, 0) is 36.2 Å². The molecule has 29 heavy (non-hydrogen) atoms. The van der Waals surface area contributed by atoms with Crippen LogP contribution in [0.4, 0.5) is 5.69 Å². The van der Waals surface area contributed by atoms with Gasteiger partial charge < -0.3 is 25.0 Å². The Morgan fingerprint density at radius 3 is 2.38 bits per heavy atom. The highest BCUT2D eigenvalue weighted by Crippen LogP contribution is 2.20. The second kappa shape index (κ2) is 12.0. The molecule has 0 aliphatic carbocycles. The zero-order chi connectivity index (χ0) is 21.1. The summed E-state index contributed by atoms with van der Waals surface area (Å²) in [6, 6.07) is 14.8. The lowest BCUT2D eigenvalue weighted by Gasteiger charge is -2.16.